The number of halogens is 1. The summed E-state index contributed by atoms with van der Waals surface area (Å²) in [5.41, 5.74) is 0. The molecule has 8 heteroatoms. The molecule has 1 atom stereocenters. The molecule has 110 valence electrons. The lowest BCUT2D eigenvalue weighted by Gasteiger charge is -2.13. The largest absolute Gasteiger partial charge is 0.497 e. The fourth-order valence-electron chi connectivity index (χ4n) is 1.41. The molecule has 0 aliphatic carbocycles. The van der Waals surface area contributed by atoms with E-state index in [1.165, 1.54) is 31.4 Å². The van der Waals surface area contributed by atoms with Crippen LogP contribution in [0.5, 0.6) is 5.75 Å². The van der Waals surface area contributed by atoms with E-state index in [2.05, 4.69) is 6.58 Å². The molecule has 20 heavy (non-hydrogen) atoms. The standard InChI is InChI=1S/C12H14FNO5S/c1-8(13)7-11(12(15)16)14-20(17,18)10-5-3-9(19-2)4-6-10/h3-6,11,14H,1,7H2,2H3,(H,15,16)/t11-/m0/s1. The van der Waals surface area contributed by atoms with Crippen molar-refractivity contribution in [1.82, 2.24) is 4.72 Å². The van der Waals surface area contributed by atoms with Crippen molar-refractivity contribution in [2.75, 3.05) is 7.11 Å². The number of benzene rings is 1. The lowest BCUT2D eigenvalue weighted by molar-refractivity contribution is -0.139. The number of hydrogen-bond donors (Lipinski definition) is 2. The van der Waals surface area contributed by atoms with E-state index >= 15 is 0 Å². The minimum Gasteiger partial charge on any atom is -0.497 e. The van der Waals surface area contributed by atoms with Crippen LogP contribution in [-0.2, 0) is 14.8 Å². The van der Waals surface area contributed by atoms with Gasteiger partial charge in [0.25, 0.3) is 0 Å². The van der Waals surface area contributed by atoms with Crippen LogP contribution in [0.25, 0.3) is 0 Å². The topological polar surface area (TPSA) is 92.7 Å². The quantitative estimate of drug-likeness (QED) is 0.792. The monoisotopic (exact) mass is 303 g/mol. The highest BCUT2D eigenvalue weighted by Gasteiger charge is 2.26. The summed E-state index contributed by atoms with van der Waals surface area (Å²) in [5.74, 6) is -1.95. The predicted octanol–water partition coefficient (Wildman–Crippen LogP) is 1.30. The van der Waals surface area contributed by atoms with Crippen molar-refractivity contribution in [3.63, 3.8) is 0 Å². The number of nitrogens with one attached hydrogen (secondary N) is 1. The molecule has 0 amide bonds. The van der Waals surface area contributed by atoms with Crippen molar-refractivity contribution < 1.29 is 27.4 Å². The van der Waals surface area contributed by atoms with Crippen molar-refractivity contribution in [3.05, 3.63) is 36.7 Å². The fourth-order valence-corrected chi connectivity index (χ4v) is 2.60. The van der Waals surface area contributed by atoms with E-state index in [4.69, 9.17) is 9.84 Å². The van der Waals surface area contributed by atoms with Gasteiger partial charge in [-0.05, 0) is 24.3 Å². The molecule has 0 saturated heterocycles. The van der Waals surface area contributed by atoms with Crippen LogP contribution in [-0.4, -0.2) is 32.6 Å². The summed E-state index contributed by atoms with van der Waals surface area (Å²) in [6.07, 6.45) is -0.634. The number of ether oxygens (including phenoxy) is 1. The summed E-state index contributed by atoms with van der Waals surface area (Å²) < 4.78 is 43.4. The molecule has 1 rings (SSSR count). The maximum Gasteiger partial charge on any atom is 0.322 e. The van der Waals surface area contributed by atoms with E-state index in [-0.39, 0.29) is 4.90 Å². The molecule has 0 radical (unpaired) electrons. The molecule has 0 aromatic heterocycles. The van der Waals surface area contributed by atoms with Gasteiger partial charge in [0.15, 0.2) is 0 Å². The van der Waals surface area contributed by atoms with Gasteiger partial charge in [-0.1, -0.05) is 6.58 Å². The van der Waals surface area contributed by atoms with E-state index in [0.717, 1.165) is 0 Å². The highest BCUT2D eigenvalue weighted by atomic mass is 32.2. The van der Waals surface area contributed by atoms with Crippen LogP contribution in [0.15, 0.2) is 41.6 Å². The third-order valence-electron chi connectivity index (χ3n) is 2.39. The normalized spacial score (nSPS) is 12.7. The number of rotatable bonds is 7. The van der Waals surface area contributed by atoms with Gasteiger partial charge in [-0.3, -0.25) is 4.79 Å². The summed E-state index contributed by atoms with van der Waals surface area (Å²) in [5, 5.41) is 8.86. The second-order valence-electron chi connectivity index (χ2n) is 3.91. The molecular weight excluding hydrogens is 289 g/mol. The number of methoxy groups -OCH3 is 1. The third-order valence-corrected chi connectivity index (χ3v) is 3.88. The summed E-state index contributed by atoms with van der Waals surface area (Å²) >= 11 is 0. The minimum absolute atomic E-state index is 0.144. The van der Waals surface area contributed by atoms with E-state index in [1.54, 1.807) is 0 Å². The average molecular weight is 303 g/mol. The van der Waals surface area contributed by atoms with Gasteiger partial charge >= 0.3 is 5.97 Å². The van der Waals surface area contributed by atoms with E-state index in [1.807, 2.05) is 4.72 Å². The van der Waals surface area contributed by atoms with Gasteiger partial charge in [0.1, 0.15) is 11.8 Å². The Morgan fingerprint density at radius 1 is 1.45 bits per heavy atom. The van der Waals surface area contributed by atoms with Crippen LogP contribution >= 0.6 is 0 Å². The highest BCUT2D eigenvalue weighted by molar-refractivity contribution is 7.89. The number of sulfonamides is 1. The Kier molecular flexibility index (Phi) is 5.23. The first-order chi connectivity index (χ1) is 9.26. The molecule has 2 N–H and O–H groups in total. The molecule has 0 heterocycles. The molecule has 0 aliphatic heterocycles. The highest BCUT2D eigenvalue weighted by Crippen LogP contribution is 2.16. The molecule has 1 aromatic carbocycles. The smallest absolute Gasteiger partial charge is 0.322 e. The molecule has 0 spiro atoms. The molecule has 0 aliphatic rings. The number of hydrogen-bond acceptors (Lipinski definition) is 4. The molecule has 0 unspecified atom stereocenters. The van der Waals surface area contributed by atoms with E-state index < -0.39 is 34.3 Å². The maximum atomic E-state index is 12.7. The van der Waals surface area contributed by atoms with Crippen molar-refractivity contribution in [1.29, 1.82) is 0 Å². The Morgan fingerprint density at radius 2 is 2.00 bits per heavy atom. The Hall–Kier alpha value is -1.93. The Bertz CT molecular complexity index is 597. The molecule has 0 saturated carbocycles. The third kappa shape index (κ3) is 4.32. The lowest BCUT2D eigenvalue weighted by atomic mass is 10.2. The van der Waals surface area contributed by atoms with Crippen molar-refractivity contribution in [2.45, 2.75) is 17.4 Å². The summed E-state index contributed by atoms with van der Waals surface area (Å²) in [7, 11) is -2.64. The van der Waals surface area contributed by atoms with Gasteiger partial charge in [0, 0.05) is 6.42 Å². The van der Waals surface area contributed by atoms with Crippen LogP contribution in [0.3, 0.4) is 0 Å². The first kappa shape index (κ1) is 16.1. The first-order valence-electron chi connectivity index (χ1n) is 5.48. The number of aliphatic carboxylic acids is 1. The molecular formula is C12H14FNO5S. The Labute approximate surface area is 115 Å². The molecule has 6 nitrogen and oxygen atoms in total. The number of carboxylic acids is 1. The maximum absolute atomic E-state index is 12.7. The summed E-state index contributed by atoms with van der Waals surface area (Å²) in [6.45, 7) is 2.92. The number of carboxylic acid groups (broad SMARTS) is 1. The zero-order valence-electron chi connectivity index (χ0n) is 10.7. The van der Waals surface area contributed by atoms with E-state index in [9.17, 15) is 17.6 Å². The summed E-state index contributed by atoms with van der Waals surface area (Å²) in [4.78, 5) is 10.7. The van der Waals surface area contributed by atoms with Crippen LogP contribution in [0.4, 0.5) is 4.39 Å². The van der Waals surface area contributed by atoms with Crippen LogP contribution < -0.4 is 9.46 Å². The second-order valence-corrected chi connectivity index (χ2v) is 5.62. The van der Waals surface area contributed by atoms with Gasteiger partial charge in [-0.15, -0.1) is 0 Å². The van der Waals surface area contributed by atoms with E-state index in [0.29, 0.717) is 5.75 Å². The second kappa shape index (κ2) is 6.49. The zero-order valence-corrected chi connectivity index (χ0v) is 11.5. The van der Waals surface area contributed by atoms with Crippen molar-refractivity contribution in [3.8, 4) is 5.75 Å². The fraction of sp³-hybridized carbons (Fsp3) is 0.250. The Balaban J connectivity index is 2.96. The van der Waals surface area contributed by atoms with Crippen LogP contribution in [0.1, 0.15) is 6.42 Å². The van der Waals surface area contributed by atoms with Crippen molar-refractivity contribution >= 4 is 16.0 Å². The van der Waals surface area contributed by atoms with Gasteiger partial charge in [0.2, 0.25) is 10.0 Å². The van der Waals surface area contributed by atoms with Gasteiger partial charge in [0.05, 0.1) is 17.8 Å². The van der Waals surface area contributed by atoms with Gasteiger partial charge < -0.3 is 9.84 Å². The van der Waals surface area contributed by atoms with Crippen molar-refractivity contribution in [2.24, 2.45) is 0 Å². The predicted molar refractivity (Wildman–Crippen MR) is 69.6 cm³/mol. The summed E-state index contributed by atoms with van der Waals surface area (Å²) in [6, 6.07) is 3.73. The number of carbonyl (C=O) groups is 1. The van der Waals surface area contributed by atoms with Gasteiger partial charge in [-0.2, -0.15) is 4.72 Å². The molecule has 1 aromatic rings. The first-order valence-corrected chi connectivity index (χ1v) is 6.97. The lowest BCUT2D eigenvalue weighted by Crippen LogP contribution is -2.40. The Morgan fingerprint density at radius 3 is 2.40 bits per heavy atom. The van der Waals surface area contributed by atoms with Crippen LogP contribution in [0, 0.1) is 0 Å². The molecule has 0 bridgehead atoms. The van der Waals surface area contributed by atoms with Crippen LogP contribution in [0.2, 0.25) is 0 Å². The molecule has 0 fully saturated rings. The zero-order chi connectivity index (χ0) is 15.3. The SMILES string of the molecule is C=C(F)C[C@H](NS(=O)(=O)c1ccc(OC)cc1)C(=O)O. The average Bonchev–Trinajstić information content (AvgIpc) is 2.37. The van der Waals surface area contributed by atoms with Gasteiger partial charge in [-0.25, -0.2) is 12.8 Å². The minimum atomic E-state index is -4.07.